The normalized spacial score (nSPS) is 11.6. The number of halogens is 1. The van der Waals surface area contributed by atoms with Gasteiger partial charge in [-0.3, -0.25) is 9.89 Å². The molecule has 0 unspecified atom stereocenters. The zero-order chi connectivity index (χ0) is 23.2. The molecule has 0 spiro atoms. The third-order valence-corrected chi connectivity index (χ3v) is 5.96. The van der Waals surface area contributed by atoms with Gasteiger partial charge in [0.2, 0.25) is 0 Å². The van der Waals surface area contributed by atoms with E-state index in [1.54, 1.807) is 24.7 Å². The van der Waals surface area contributed by atoms with Gasteiger partial charge in [-0.15, -0.1) is 0 Å². The zero-order valence-electron chi connectivity index (χ0n) is 17.7. The monoisotopic (exact) mass is 471 g/mol. The summed E-state index contributed by atoms with van der Waals surface area (Å²) in [5.41, 5.74) is 11.2. The lowest BCUT2D eigenvalue weighted by Crippen LogP contribution is -2.22. The van der Waals surface area contributed by atoms with Gasteiger partial charge >= 0.3 is 0 Å². The van der Waals surface area contributed by atoms with Crippen molar-refractivity contribution >= 4 is 56.3 Å². The summed E-state index contributed by atoms with van der Waals surface area (Å²) >= 11 is 6.40. The first-order chi connectivity index (χ1) is 16.5. The number of hydrogen-bond acceptors (Lipinski definition) is 6. The largest absolute Gasteiger partial charge is 0.382 e. The molecule has 11 heteroatoms. The second-order valence-electron chi connectivity index (χ2n) is 7.98. The maximum Gasteiger partial charge on any atom is 0.251 e. The molecule has 4 heterocycles. The van der Waals surface area contributed by atoms with Gasteiger partial charge in [0.05, 0.1) is 36.6 Å². The molecule has 0 saturated heterocycles. The fourth-order valence-corrected chi connectivity index (χ4v) is 4.36. The molecular formula is C23H18ClN9O. The van der Waals surface area contributed by atoms with Crippen LogP contribution in [-0.2, 0) is 13.1 Å². The number of nitrogens with zero attached hydrogens (tertiary/aromatic N) is 5. The second-order valence-corrected chi connectivity index (χ2v) is 8.42. The van der Waals surface area contributed by atoms with E-state index in [9.17, 15) is 4.79 Å². The van der Waals surface area contributed by atoms with Crippen LogP contribution in [0.25, 0.3) is 33.0 Å². The van der Waals surface area contributed by atoms with Crippen molar-refractivity contribution in [3.8, 4) is 0 Å². The van der Waals surface area contributed by atoms with Gasteiger partial charge in [0.25, 0.3) is 5.91 Å². The number of hydrogen-bond donors (Lipinski definition) is 4. The van der Waals surface area contributed by atoms with E-state index in [0.717, 1.165) is 33.1 Å². The van der Waals surface area contributed by atoms with E-state index in [-0.39, 0.29) is 5.91 Å². The summed E-state index contributed by atoms with van der Waals surface area (Å²) in [5.74, 6) is 0.167. The Morgan fingerprint density at radius 1 is 1.12 bits per heavy atom. The van der Waals surface area contributed by atoms with Crippen molar-refractivity contribution in [2.45, 2.75) is 13.1 Å². The van der Waals surface area contributed by atoms with Crippen LogP contribution in [0.3, 0.4) is 0 Å². The van der Waals surface area contributed by atoms with E-state index in [0.29, 0.717) is 40.7 Å². The number of aromatic amines is 2. The van der Waals surface area contributed by atoms with Crippen molar-refractivity contribution in [2.75, 3.05) is 5.73 Å². The van der Waals surface area contributed by atoms with Crippen LogP contribution in [0.15, 0.2) is 55.2 Å². The Bertz CT molecular complexity index is 1700. The summed E-state index contributed by atoms with van der Waals surface area (Å²) < 4.78 is 1.90. The van der Waals surface area contributed by atoms with Gasteiger partial charge in [0, 0.05) is 27.1 Å². The fraction of sp³-hybridized carbons (Fsp3) is 0.0870. The topological polar surface area (TPSA) is 143 Å². The maximum absolute atomic E-state index is 12.7. The predicted molar refractivity (Wildman–Crippen MR) is 129 cm³/mol. The number of rotatable bonds is 5. The van der Waals surface area contributed by atoms with Gasteiger partial charge in [-0.25, -0.2) is 15.0 Å². The average Bonchev–Trinajstić information content (AvgIpc) is 3.56. The molecule has 4 aromatic heterocycles. The number of nitrogens with two attached hydrogens (primary N) is 1. The number of benzene rings is 2. The van der Waals surface area contributed by atoms with E-state index in [2.05, 4.69) is 35.5 Å². The Morgan fingerprint density at radius 3 is 2.94 bits per heavy atom. The molecule has 5 N–H and O–H groups in total. The number of H-pyrrole nitrogens is 2. The molecule has 1 amide bonds. The van der Waals surface area contributed by atoms with E-state index in [4.69, 9.17) is 17.3 Å². The highest BCUT2D eigenvalue weighted by Gasteiger charge is 2.13. The van der Waals surface area contributed by atoms with Crippen LogP contribution in [0.2, 0.25) is 5.02 Å². The quantitative estimate of drug-likeness (QED) is 0.303. The van der Waals surface area contributed by atoms with Gasteiger partial charge in [0.15, 0.2) is 11.5 Å². The van der Waals surface area contributed by atoms with Crippen LogP contribution in [-0.4, -0.2) is 40.6 Å². The lowest BCUT2D eigenvalue weighted by Gasteiger charge is -2.07. The molecule has 10 nitrogen and oxygen atoms in total. The van der Waals surface area contributed by atoms with Crippen LogP contribution in [0.4, 0.5) is 5.82 Å². The Morgan fingerprint density at radius 2 is 2.03 bits per heavy atom. The Labute approximate surface area is 197 Å². The highest BCUT2D eigenvalue weighted by atomic mass is 35.5. The number of carbonyl (C=O) groups is 1. The van der Waals surface area contributed by atoms with Crippen molar-refractivity contribution in [1.82, 2.24) is 40.0 Å². The molecule has 0 aliphatic rings. The minimum absolute atomic E-state index is 0.171. The summed E-state index contributed by atoms with van der Waals surface area (Å²) in [6.45, 7) is 0.823. The first-order valence-corrected chi connectivity index (χ1v) is 10.9. The van der Waals surface area contributed by atoms with Crippen LogP contribution in [0.1, 0.15) is 21.6 Å². The van der Waals surface area contributed by atoms with Gasteiger partial charge in [-0.05, 0) is 35.9 Å². The number of nitrogens with one attached hydrogen (secondary N) is 3. The summed E-state index contributed by atoms with van der Waals surface area (Å²) in [6.07, 6.45) is 4.82. The average molecular weight is 472 g/mol. The van der Waals surface area contributed by atoms with Crippen LogP contribution in [0, 0.1) is 0 Å². The van der Waals surface area contributed by atoms with Crippen molar-refractivity contribution < 1.29 is 4.79 Å². The molecule has 6 rings (SSSR count). The second kappa shape index (κ2) is 7.85. The number of nitrogen functional groups attached to an aromatic ring is 1. The van der Waals surface area contributed by atoms with Gasteiger partial charge < -0.3 is 20.6 Å². The van der Waals surface area contributed by atoms with Gasteiger partial charge in [-0.1, -0.05) is 17.7 Å². The molecule has 0 bridgehead atoms. The number of carbonyl (C=O) groups excluding carboxylic acids is 1. The first kappa shape index (κ1) is 20.2. The summed E-state index contributed by atoms with van der Waals surface area (Å²) in [6, 6.07) is 11.2. The van der Waals surface area contributed by atoms with E-state index in [1.165, 1.54) is 6.33 Å². The molecule has 0 aliphatic heterocycles. The van der Waals surface area contributed by atoms with E-state index in [1.807, 2.05) is 28.8 Å². The molecule has 0 radical (unpaired) electrons. The van der Waals surface area contributed by atoms with Crippen LogP contribution in [0.5, 0.6) is 0 Å². The van der Waals surface area contributed by atoms with Gasteiger partial charge in [0.1, 0.15) is 11.8 Å². The molecular weight excluding hydrogens is 454 g/mol. The number of anilines is 1. The zero-order valence-corrected chi connectivity index (χ0v) is 18.5. The smallest absolute Gasteiger partial charge is 0.251 e. The van der Waals surface area contributed by atoms with Crippen molar-refractivity contribution in [3.05, 3.63) is 77.1 Å². The number of aromatic nitrogens is 7. The lowest BCUT2D eigenvalue weighted by molar-refractivity contribution is 0.0950. The van der Waals surface area contributed by atoms with Crippen molar-refractivity contribution in [2.24, 2.45) is 0 Å². The van der Waals surface area contributed by atoms with Crippen molar-refractivity contribution in [3.63, 3.8) is 0 Å². The van der Waals surface area contributed by atoms with E-state index >= 15 is 0 Å². The number of imidazole rings is 1. The highest BCUT2D eigenvalue weighted by molar-refractivity contribution is 6.31. The molecule has 168 valence electrons. The minimum Gasteiger partial charge on any atom is -0.382 e. The van der Waals surface area contributed by atoms with Crippen LogP contribution < -0.4 is 11.1 Å². The summed E-state index contributed by atoms with van der Waals surface area (Å²) in [5, 5.41) is 12.3. The molecule has 0 saturated carbocycles. The SMILES string of the molecule is Nc1ncnc2c1ncn2Cc1cc(Cl)cc2cc(CNC(=O)c3ccc4cn[nH]c4c3)[nH]c12. The molecule has 0 atom stereocenters. The molecule has 0 aliphatic carbocycles. The first-order valence-electron chi connectivity index (χ1n) is 10.5. The third-order valence-electron chi connectivity index (χ3n) is 5.74. The summed E-state index contributed by atoms with van der Waals surface area (Å²) in [4.78, 5) is 28.7. The number of fused-ring (bicyclic) bond motifs is 3. The molecule has 34 heavy (non-hydrogen) atoms. The summed E-state index contributed by atoms with van der Waals surface area (Å²) in [7, 11) is 0. The molecule has 2 aromatic carbocycles. The van der Waals surface area contributed by atoms with Gasteiger partial charge in [-0.2, -0.15) is 5.10 Å². The number of amides is 1. The Hall–Kier alpha value is -4.44. The molecule has 6 aromatic rings. The van der Waals surface area contributed by atoms with Crippen molar-refractivity contribution in [1.29, 1.82) is 0 Å². The third kappa shape index (κ3) is 3.50. The van der Waals surface area contributed by atoms with E-state index < -0.39 is 0 Å². The Kier molecular flexibility index (Phi) is 4.66. The lowest BCUT2D eigenvalue weighted by atomic mass is 10.1. The standard InChI is InChI=1S/C23H18ClN9O/c24-16-3-14-5-17(8-26-23(34)12-1-2-13-7-30-32-18(13)6-12)31-19(14)15(4-16)9-33-11-29-20-21(25)27-10-28-22(20)33/h1-7,10-11,31H,8-9H2,(H,26,34)(H,30,32)(H2,25,27,28). The highest BCUT2D eigenvalue weighted by Crippen LogP contribution is 2.27. The molecule has 0 fully saturated rings. The fourth-order valence-electron chi connectivity index (χ4n) is 4.11. The predicted octanol–water partition coefficient (Wildman–Crippen LogP) is 3.40. The Balaban J connectivity index is 1.26. The minimum atomic E-state index is -0.171. The maximum atomic E-state index is 12.7. The van der Waals surface area contributed by atoms with Crippen LogP contribution >= 0.6 is 11.6 Å².